The van der Waals surface area contributed by atoms with E-state index in [-0.39, 0.29) is 29.9 Å². The molecule has 4 rings (SSSR count). The van der Waals surface area contributed by atoms with Gasteiger partial charge >= 0.3 is 17.7 Å². The number of aromatic nitrogens is 4. The first-order chi connectivity index (χ1) is 18.0. The topological polar surface area (TPSA) is 140 Å². The van der Waals surface area contributed by atoms with Gasteiger partial charge in [-0.1, -0.05) is 37.6 Å². The molecule has 3 aromatic rings. The number of hydrogen-bond donors (Lipinski definition) is 3. The first-order valence-electron chi connectivity index (χ1n) is 13.0. The molecule has 0 atom stereocenters. The van der Waals surface area contributed by atoms with Crippen LogP contribution in [-0.4, -0.2) is 69.8 Å². The molecule has 200 valence electrons. The summed E-state index contributed by atoms with van der Waals surface area (Å²) in [5, 5.41) is 3.64. The Hall–Kier alpha value is -3.44. The minimum Gasteiger partial charge on any atom is -0.469 e. The second-order valence-electron chi connectivity index (χ2n) is 9.44. The fourth-order valence-electron chi connectivity index (χ4n) is 4.56. The van der Waals surface area contributed by atoms with Gasteiger partial charge in [-0.3, -0.25) is 9.36 Å². The highest BCUT2D eigenvalue weighted by Crippen LogP contribution is 2.18. The third-order valence-electron chi connectivity index (χ3n) is 6.75. The van der Waals surface area contributed by atoms with Crippen LogP contribution < -0.4 is 21.5 Å². The van der Waals surface area contributed by atoms with Gasteiger partial charge in [-0.25, -0.2) is 4.79 Å². The van der Waals surface area contributed by atoms with Gasteiger partial charge in [-0.15, -0.1) is 0 Å². The van der Waals surface area contributed by atoms with Gasteiger partial charge in [0.2, 0.25) is 0 Å². The third-order valence-corrected chi connectivity index (χ3v) is 6.75. The molecule has 1 aliphatic heterocycles. The number of hydrogen-bond acceptors (Lipinski definition) is 9. The summed E-state index contributed by atoms with van der Waals surface area (Å²) in [7, 11) is 1.41. The lowest BCUT2D eigenvalue weighted by molar-refractivity contribution is -0.139. The van der Waals surface area contributed by atoms with E-state index in [2.05, 4.69) is 44.2 Å². The molecule has 1 aromatic carbocycles. The Balaban J connectivity index is 1.27. The average Bonchev–Trinajstić information content (AvgIpc) is 3.22. The van der Waals surface area contributed by atoms with Crippen molar-refractivity contribution in [3.63, 3.8) is 0 Å². The van der Waals surface area contributed by atoms with E-state index < -0.39 is 0 Å². The third kappa shape index (κ3) is 7.07. The van der Waals surface area contributed by atoms with Crippen LogP contribution in [0.25, 0.3) is 11.2 Å². The molecule has 1 saturated heterocycles. The van der Waals surface area contributed by atoms with Gasteiger partial charge in [0.15, 0.2) is 11.5 Å². The lowest BCUT2D eigenvalue weighted by atomic mass is 10.0. The van der Waals surface area contributed by atoms with Crippen molar-refractivity contribution < 1.29 is 14.3 Å². The van der Waals surface area contributed by atoms with Crippen LogP contribution in [0.1, 0.15) is 43.7 Å². The lowest BCUT2D eigenvalue weighted by Gasteiger charge is -2.32. The summed E-state index contributed by atoms with van der Waals surface area (Å²) in [6.07, 6.45) is 4.23. The number of nitrogen functional groups attached to an aromatic ring is 1. The summed E-state index contributed by atoms with van der Waals surface area (Å²) >= 11 is 0. The molecule has 0 radical (unpaired) electrons. The summed E-state index contributed by atoms with van der Waals surface area (Å²) in [5.74, 6) is -0.0147. The van der Waals surface area contributed by atoms with Gasteiger partial charge in [0.05, 0.1) is 20.1 Å². The molecule has 1 aliphatic rings. The molecule has 2 aromatic heterocycles. The second kappa shape index (κ2) is 12.7. The smallest absolute Gasteiger partial charge is 0.327 e. The highest BCUT2D eigenvalue weighted by atomic mass is 16.5. The van der Waals surface area contributed by atoms with E-state index in [0.29, 0.717) is 30.4 Å². The number of likely N-dealkylation sites (tertiary alicyclic amines) is 1. The maximum absolute atomic E-state index is 12.6. The van der Waals surface area contributed by atoms with Crippen molar-refractivity contribution in [3.8, 4) is 6.01 Å². The van der Waals surface area contributed by atoms with Crippen LogP contribution in [0, 0.1) is 0 Å². The largest absolute Gasteiger partial charge is 0.469 e. The number of anilines is 1. The molecule has 0 unspecified atom stereocenters. The van der Waals surface area contributed by atoms with Gasteiger partial charge in [0.25, 0.3) is 0 Å². The maximum Gasteiger partial charge on any atom is 0.327 e. The fraction of sp³-hybridized carbons (Fsp3) is 0.538. The predicted octanol–water partition coefficient (Wildman–Crippen LogP) is 1.85. The van der Waals surface area contributed by atoms with E-state index in [4.69, 9.17) is 15.2 Å². The lowest BCUT2D eigenvalue weighted by Crippen LogP contribution is -2.43. The number of rotatable bonds is 12. The number of aromatic amines is 1. The molecule has 11 nitrogen and oxygen atoms in total. The number of carbonyl (C=O) groups is 1. The zero-order valence-corrected chi connectivity index (χ0v) is 21.7. The molecule has 0 saturated carbocycles. The van der Waals surface area contributed by atoms with Gasteiger partial charge in [-0.2, -0.15) is 9.97 Å². The van der Waals surface area contributed by atoms with Crippen molar-refractivity contribution in [3.05, 3.63) is 45.9 Å². The van der Waals surface area contributed by atoms with Gasteiger partial charge in [-0.05, 0) is 43.5 Å². The molecule has 0 aliphatic carbocycles. The summed E-state index contributed by atoms with van der Waals surface area (Å²) in [4.78, 5) is 37.9. The van der Waals surface area contributed by atoms with Gasteiger partial charge in [0.1, 0.15) is 5.52 Å². The van der Waals surface area contributed by atoms with Crippen molar-refractivity contribution in [1.29, 1.82) is 0 Å². The Kier molecular flexibility index (Phi) is 9.13. The van der Waals surface area contributed by atoms with Crippen LogP contribution in [0.5, 0.6) is 6.01 Å². The molecular weight excluding hydrogens is 474 g/mol. The number of H-pyrrole nitrogens is 1. The van der Waals surface area contributed by atoms with Crippen molar-refractivity contribution in [2.75, 3.05) is 39.1 Å². The van der Waals surface area contributed by atoms with E-state index in [1.807, 2.05) is 12.1 Å². The SMILES string of the molecule is CCCCOc1nc(N)c2[nH]c(=O)n(CCN3CCC(NCc4cccc(CC(=O)OC)c4)CC3)c2n1. The summed E-state index contributed by atoms with van der Waals surface area (Å²) in [6, 6.07) is 8.66. The number of methoxy groups -OCH3 is 1. The number of piperidine rings is 1. The van der Waals surface area contributed by atoms with Crippen molar-refractivity contribution in [2.45, 2.75) is 58.2 Å². The van der Waals surface area contributed by atoms with Gasteiger partial charge < -0.3 is 30.4 Å². The van der Waals surface area contributed by atoms with E-state index in [1.54, 1.807) is 4.57 Å². The van der Waals surface area contributed by atoms with E-state index in [9.17, 15) is 9.59 Å². The fourth-order valence-corrected chi connectivity index (χ4v) is 4.56. The maximum atomic E-state index is 12.6. The van der Waals surface area contributed by atoms with Crippen LogP contribution in [0.3, 0.4) is 0 Å². The Morgan fingerprint density at radius 2 is 2.00 bits per heavy atom. The zero-order valence-electron chi connectivity index (χ0n) is 21.7. The highest BCUT2D eigenvalue weighted by molar-refractivity contribution is 5.81. The molecule has 11 heteroatoms. The minimum absolute atomic E-state index is 0.203. The molecule has 3 heterocycles. The molecule has 0 spiro atoms. The second-order valence-corrected chi connectivity index (χ2v) is 9.44. The molecule has 1 fully saturated rings. The Morgan fingerprint density at radius 1 is 1.22 bits per heavy atom. The van der Waals surface area contributed by atoms with E-state index in [1.165, 1.54) is 7.11 Å². The van der Waals surface area contributed by atoms with Crippen molar-refractivity contribution >= 4 is 23.0 Å². The first-order valence-corrected chi connectivity index (χ1v) is 13.0. The highest BCUT2D eigenvalue weighted by Gasteiger charge is 2.20. The summed E-state index contributed by atoms with van der Waals surface area (Å²) in [5.41, 5.74) is 8.85. The van der Waals surface area contributed by atoms with Gasteiger partial charge in [0, 0.05) is 25.7 Å². The number of unbranched alkanes of at least 4 members (excludes halogenated alkanes) is 1. The minimum atomic E-state index is -0.243. The number of fused-ring (bicyclic) bond motifs is 1. The number of esters is 1. The van der Waals surface area contributed by atoms with Crippen LogP contribution in [-0.2, 0) is 29.0 Å². The first kappa shape index (κ1) is 26.6. The van der Waals surface area contributed by atoms with E-state index in [0.717, 1.165) is 63.0 Å². The van der Waals surface area contributed by atoms with Crippen LogP contribution in [0.15, 0.2) is 29.1 Å². The summed E-state index contributed by atoms with van der Waals surface area (Å²) in [6.45, 7) is 6.49. The molecule has 37 heavy (non-hydrogen) atoms. The molecule has 0 bridgehead atoms. The van der Waals surface area contributed by atoms with Crippen LogP contribution in [0.2, 0.25) is 0 Å². The number of benzene rings is 1. The molecular formula is C26H37N7O4. The molecule has 0 amide bonds. The number of nitrogens with one attached hydrogen (secondary N) is 2. The number of carbonyl (C=O) groups excluding carboxylic acids is 1. The number of ether oxygens (including phenoxy) is 2. The zero-order chi connectivity index (χ0) is 26.2. The average molecular weight is 512 g/mol. The quantitative estimate of drug-likeness (QED) is 0.245. The van der Waals surface area contributed by atoms with Crippen molar-refractivity contribution in [2.24, 2.45) is 0 Å². The molecule has 4 N–H and O–H groups in total. The van der Waals surface area contributed by atoms with Crippen LogP contribution >= 0.6 is 0 Å². The normalized spacial score (nSPS) is 14.8. The number of nitrogens with zero attached hydrogens (tertiary/aromatic N) is 4. The Labute approximate surface area is 216 Å². The predicted molar refractivity (Wildman–Crippen MR) is 141 cm³/mol. The number of imidazole rings is 1. The monoisotopic (exact) mass is 511 g/mol. The Bertz CT molecular complexity index is 1250. The Morgan fingerprint density at radius 3 is 2.76 bits per heavy atom. The van der Waals surface area contributed by atoms with Crippen LogP contribution in [0.4, 0.5) is 5.82 Å². The van der Waals surface area contributed by atoms with Crippen molar-refractivity contribution in [1.82, 2.24) is 29.7 Å². The summed E-state index contributed by atoms with van der Waals surface area (Å²) < 4.78 is 12.0. The van der Waals surface area contributed by atoms with E-state index >= 15 is 0 Å². The number of nitrogens with two attached hydrogens (primary N) is 1. The standard InChI is InChI=1S/C26H37N7O4/c1-3-4-14-37-25-30-23(27)22-24(31-25)33(26(35)29-22)13-12-32-10-8-20(9-11-32)28-17-19-7-5-6-18(15-19)16-21(34)36-2/h5-7,15,20,28H,3-4,8-14,16-17H2,1-2H3,(H,29,35)(H2,27,30,31).